The summed E-state index contributed by atoms with van der Waals surface area (Å²) in [4.78, 5) is 12.0. The molecular formula is C13H22N2O3. The van der Waals surface area contributed by atoms with Crippen LogP contribution in [0.2, 0.25) is 0 Å². The predicted molar refractivity (Wildman–Crippen MR) is 69.5 cm³/mol. The number of nitrogens with one attached hydrogen (secondary N) is 1. The Hall–Kier alpha value is -1.33. The number of carbonyl (C=O) groups is 1. The third-order valence-electron chi connectivity index (χ3n) is 2.83. The topological polar surface area (TPSA) is 63.5 Å². The summed E-state index contributed by atoms with van der Waals surface area (Å²) in [6, 6.07) is 3.64. The van der Waals surface area contributed by atoms with E-state index in [1.807, 2.05) is 23.8 Å². The van der Waals surface area contributed by atoms with Crippen molar-refractivity contribution in [1.29, 1.82) is 0 Å². The average molecular weight is 254 g/mol. The van der Waals surface area contributed by atoms with E-state index in [1.165, 1.54) is 0 Å². The molecule has 0 aliphatic rings. The van der Waals surface area contributed by atoms with E-state index in [1.54, 1.807) is 13.2 Å². The summed E-state index contributed by atoms with van der Waals surface area (Å²) in [7, 11) is 1.64. The van der Waals surface area contributed by atoms with Gasteiger partial charge >= 0.3 is 0 Å². The summed E-state index contributed by atoms with van der Waals surface area (Å²) >= 11 is 0. The van der Waals surface area contributed by atoms with Gasteiger partial charge in [-0.15, -0.1) is 0 Å². The van der Waals surface area contributed by atoms with E-state index in [2.05, 4.69) is 5.32 Å². The summed E-state index contributed by atoms with van der Waals surface area (Å²) in [6.07, 6.45) is 2.57. The van der Waals surface area contributed by atoms with Gasteiger partial charge in [0, 0.05) is 33.0 Å². The molecule has 1 amide bonds. The highest BCUT2D eigenvalue weighted by atomic mass is 16.5. The third kappa shape index (κ3) is 4.50. The van der Waals surface area contributed by atoms with Crippen molar-refractivity contribution in [2.24, 2.45) is 5.92 Å². The lowest BCUT2D eigenvalue weighted by Gasteiger charge is -2.12. The van der Waals surface area contributed by atoms with Gasteiger partial charge in [-0.3, -0.25) is 4.79 Å². The standard InChI is InChI=1S/C13H22N2O3/c1-11(5-8-16)10-14-13(17)12-4-3-6-15(12)7-9-18-2/h3-4,6,11,16H,5,7-10H2,1-2H3,(H,14,17). The third-order valence-corrected chi connectivity index (χ3v) is 2.83. The number of hydrogen-bond acceptors (Lipinski definition) is 3. The first kappa shape index (κ1) is 14.7. The number of methoxy groups -OCH3 is 1. The first-order valence-corrected chi connectivity index (χ1v) is 6.22. The Bertz CT molecular complexity index is 363. The second-order valence-corrected chi connectivity index (χ2v) is 4.41. The number of hydrogen-bond donors (Lipinski definition) is 2. The molecule has 1 atom stereocenters. The zero-order valence-electron chi connectivity index (χ0n) is 11.1. The maximum atomic E-state index is 12.0. The van der Waals surface area contributed by atoms with Gasteiger partial charge in [0.05, 0.1) is 6.61 Å². The molecule has 0 aliphatic heterocycles. The van der Waals surface area contributed by atoms with Crippen LogP contribution in [0.5, 0.6) is 0 Å². The molecule has 0 saturated heterocycles. The van der Waals surface area contributed by atoms with Gasteiger partial charge in [0.25, 0.3) is 5.91 Å². The van der Waals surface area contributed by atoms with Crippen molar-refractivity contribution < 1.29 is 14.6 Å². The Kier molecular flexibility index (Phi) is 6.46. The van der Waals surface area contributed by atoms with Gasteiger partial charge < -0.3 is 19.7 Å². The fourth-order valence-electron chi connectivity index (χ4n) is 1.68. The van der Waals surface area contributed by atoms with Crippen molar-refractivity contribution in [3.63, 3.8) is 0 Å². The van der Waals surface area contributed by atoms with E-state index in [-0.39, 0.29) is 18.4 Å². The molecule has 5 heteroatoms. The lowest BCUT2D eigenvalue weighted by molar-refractivity contribution is 0.0933. The smallest absolute Gasteiger partial charge is 0.267 e. The molecule has 1 heterocycles. The fourth-order valence-corrected chi connectivity index (χ4v) is 1.68. The molecule has 0 aliphatic carbocycles. The zero-order chi connectivity index (χ0) is 13.4. The van der Waals surface area contributed by atoms with Crippen LogP contribution in [0.1, 0.15) is 23.8 Å². The number of aliphatic hydroxyl groups excluding tert-OH is 1. The fraction of sp³-hybridized carbons (Fsp3) is 0.615. The molecule has 102 valence electrons. The Morgan fingerprint density at radius 3 is 3.06 bits per heavy atom. The molecule has 1 aromatic heterocycles. The molecule has 1 unspecified atom stereocenters. The van der Waals surface area contributed by atoms with Gasteiger partial charge in [-0.05, 0) is 24.5 Å². The molecule has 0 spiro atoms. The van der Waals surface area contributed by atoms with Crippen LogP contribution in [-0.2, 0) is 11.3 Å². The van der Waals surface area contributed by atoms with Gasteiger partial charge in [-0.2, -0.15) is 0 Å². The normalized spacial score (nSPS) is 12.4. The molecule has 0 saturated carbocycles. The van der Waals surface area contributed by atoms with Crippen molar-refractivity contribution >= 4 is 5.91 Å². The maximum absolute atomic E-state index is 12.0. The van der Waals surface area contributed by atoms with Crippen molar-refractivity contribution in [2.75, 3.05) is 26.9 Å². The second-order valence-electron chi connectivity index (χ2n) is 4.41. The quantitative estimate of drug-likeness (QED) is 0.724. The molecule has 2 N–H and O–H groups in total. The number of rotatable bonds is 8. The van der Waals surface area contributed by atoms with E-state index in [0.717, 1.165) is 0 Å². The van der Waals surface area contributed by atoms with E-state index in [4.69, 9.17) is 9.84 Å². The number of amides is 1. The Labute approximate surface area is 108 Å². The van der Waals surface area contributed by atoms with Crippen LogP contribution in [0, 0.1) is 5.92 Å². The van der Waals surface area contributed by atoms with Crippen LogP contribution in [-0.4, -0.2) is 42.4 Å². The summed E-state index contributed by atoms with van der Waals surface area (Å²) in [5.41, 5.74) is 0.642. The van der Waals surface area contributed by atoms with Gasteiger partial charge in [0.1, 0.15) is 5.69 Å². The number of aromatic nitrogens is 1. The number of ether oxygens (including phenoxy) is 1. The highest BCUT2D eigenvalue weighted by Crippen LogP contribution is 2.04. The van der Waals surface area contributed by atoms with Gasteiger partial charge in [-0.1, -0.05) is 6.92 Å². The molecular weight excluding hydrogens is 232 g/mol. The largest absolute Gasteiger partial charge is 0.396 e. The molecule has 5 nitrogen and oxygen atoms in total. The predicted octanol–water partition coefficient (Wildman–Crippen LogP) is 0.883. The first-order chi connectivity index (χ1) is 8.69. The summed E-state index contributed by atoms with van der Waals surface area (Å²) < 4.78 is 6.87. The minimum absolute atomic E-state index is 0.0825. The highest BCUT2D eigenvalue weighted by Gasteiger charge is 2.11. The molecule has 18 heavy (non-hydrogen) atoms. The lowest BCUT2D eigenvalue weighted by Crippen LogP contribution is -2.30. The van der Waals surface area contributed by atoms with E-state index >= 15 is 0 Å². The average Bonchev–Trinajstić information content (AvgIpc) is 2.82. The summed E-state index contributed by atoms with van der Waals surface area (Å²) in [5, 5.41) is 11.7. The number of aliphatic hydroxyl groups is 1. The van der Waals surface area contributed by atoms with Gasteiger partial charge in [-0.25, -0.2) is 0 Å². The highest BCUT2D eigenvalue weighted by molar-refractivity contribution is 5.92. The summed E-state index contributed by atoms with van der Waals surface area (Å²) in [5.74, 6) is 0.197. The summed E-state index contributed by atoms with van der Waals surface area (Å²) in [6.45, 7) is 3.98. The van der Waals surface area contributed by atoms with Crippen LogP contribution in [0.3, 0.4) is 0 Å². The minimum Gasteiger partial charge on any atom is -0.396 e. The Morgan fingerprint density at radius 2 is 2.39 bits per heavy atom. The maximum Gasteiger partial charge on any atom is 0.267 e. The van der Waals surface area contributed by atoms with E-state index in [9.17, 15) is 4.79 Å². The zero-order valence-corrected chi connectivity index (χ0v) is 11.1. The van der Waals surface area contributed by atoms with Crippen molar-refractivity contribution in [1.82, 2.24) is 9.88 Å². The Balaban J connectivity index is 2.48. The van der Waals surface area contributed by atoms with Crippen LogP contribution < -0.4 is 5.32 Å². The molecule has 0 bridgehead atoms. The molecule has 1 rings (SSSR count). The van der Waals surface area contributed by atoms with E-state index in [0.29, 0.717) is 31.8 Å². The van der Waals surface area contributed by atoms with Gasteiger partial charge in [0.2, 0.25) is 0 Å². The van der Waals surface area contributed by atoms with Crippen molar-refractivity contribution in [3.05, 3.63) is 24.0 Å². The van der Waals surface area contributed by atoms with Gasteiger partial charge in [0.15, 0.2) is 0 Å². The molecule has 1 aromatic rings. The molecule has 0 aromatic carbocycles. The van der Waals surface area contributed by atoms with Crippen LogP contribution in [0.4, 0.5) is 0 Å². The molecule has 0 radical (unpaired) electrons. The second kappa shape index (κ2) is 7.89. The minimum atomic E-state index is -0.0825. The number of carbonyl (C=O) groups excluding carboxylic acids is 1. The van der Waals surface area contributed by atoms with Crippen molar-refractivity contribution in [2.45, 2.75) is 19.9 Å². The monoisotopic (exact) mass is 254 g/mol. The van der Waals surface area contributed by atoms with Crippen LogP contribution >= 0.6 is 0 Å². The van der Waals surface area contributed by atoms with E-state index < -0.39 is 0 Å². The Morgan fingerprint density at radius 1 is 1.61 bits per heavy atom. The van der Waals surface area contributed by atoms with Crippen molar-refractivity contribution in [3.8, 4) is 0 Å². The lowest BCUT2D eigenvalue weighted by atomic mass is 10.1. The van der Waals surface area contributed by atoms with Crippen LogP contribution in [0.15, 0.2) is 18.3 Å². The molecule has 0 fully saturated rings. The SMILES string of the molecule is COCCn1cccc1C(=O)NCC(C)CCO. The first-order valence-electron chi connectivity index (χ1n) is 6.22. The number of nitrogens with zero attached hydrogens (tertiary/aromatic N) is 1. The van der Waals surface area contributed by atoms with Crippen LogP contribution in [0.25, 0.3) is 0 Å².